The van der Waals surface area contributed by atoms with Crippen molar-refractivity contribution in [3.05, 3.63) is 66.0 Å². The summed E-state index contributed by atoms with van der Waals surface area (Å²) in [5, 5.41) is 15.7. The lowest BCUT2D eigenvalue weighted by Gasteiger charge is -2.14. The van der Waals surface area contributed by atoms with Gasteiger partial charge in [0, 0.05) is 36.0 Å². The quantitative estimate of drug-likeness (QED) is 0.200. The van der Waals surface area contributed by atoms with Gasteiger partial charge in [-0.15, -0.1) is 12.4 Å². The average Bonchev–Trinajstić information content (AvgIpc) is 3.15. The molecule has 8 nitrogen and oxygen atoms in total. The van der Waals surface area contributed by atoms with Gasteiger partial charge in [0.15, 0.2) is 0 Å². The maximum Gasteiger partial charge on any atom is 0.229 e. The van der Waals surface area contributed by atoms with E-state index in [0.717, 1.165) is 39.9 Å². The Morgan fingerprint density at radius 1 is 1.00 bits per heavy atom. The van der Waals surface area contributed by atoms with Crippen LogP contribution in [0.4, 0.5) is 10.1 Å². The molecular formula is C26H31ClFN3O5S. The lowest BCUT2D eigenvalue weighted by Crippen LogP contribution is -2.26. The summed E-state index contributed by atoms with van der Waals surface area (Å²) in [6, 6.07) is 15.7. The number of fused-ring (bicyclic) bond motifs is 3. The summed E-state index contributed by atoms with van der Waals surface area (Å²) in [7, 11) is -3.63. The maximum atomic E-state index is 13.8. The summed E-state index contributed by atoms with van der Waals surface area (Å²) in [6.07, 6.45) is 0.0932. The number of ether oxygens (including phenoxy) is 2. The minimum Gasteiger partial charge on any atom is -0.492 e. The van der Waals surface area contributed by atoms with E-state index >= 15 is 0 Å². The molecule has 200 valence electrons. The van der Waals surface area contributed by atoms with Gasteiger partial charge in [-0.1, -0.05) is 6.07 Å². The number of benzene rings is 3. The van der Waals surface area contributed by atoms with Crippen molar-refractivity contribution in [1.82, 2.24) is 10.3 Å². The van der Waals surface area contributed by atoms with E-state index in [9.17, 15) is 17.9 Å². The predicted molar refractivity (Wildman–Crippen MR) is 147 cm³/mol. The molecule has 0 spiro atoms. The average molecular weight is 552 g/mol. The highest BCUT2D eigenvalue weighted by Gasteiger charge is 2.13. The van der Waals surface area contributed by atoms with Crippen molar-refractivity contribution in [3.63, 3.8) is 0 Å². The molecule has 1 heterocycles. The summed E-state index contributed by atoms with van der Waals surface area (Å²) >= 11 is 0. The lowest BCUT2D eigenvalue weighted by atomic mass is 10.1. The van der Waals surface area contributed by atoms with Gasteiger partial charge in [0.05, 0.1) is 35.2 Å². The molecule has 0 aliphatic heterocycles. The summed E-state index contributed by atoms with van der Waals surface area (Å²) in [4.78, 5) is 3.41. The molecule has 1 aromatic heterocycles. The fourth-order valence-corrected chi connectivity index (χ4v) is 4.49. The fourth-order valence-electron chi connectivity index (χ4n) is 3.93. The highest BCUT2D eigenvalue weighted by molar-refractivity contribution is 7.92. The van der Waals surface area contributed by atoms with Crippen molar-refractivity contribution < 1.29 is 27.4 Å². The zero-order valence-corrected chi connectivity index (χ0v) is 22.4. The Kier molecular flexibility index (Phi) is 9.25. The molecule has 0 saturated carbocycles. The van der Waals surface area contributed by atoms with Gasteiger partial charge >= 0.3 is 0 Å². The van der Waals surface area contributed by atoms with Gasteiger partial charge in [0.2, 0.25) is 10.0 Å². The maximum absolute atomic E-state index is 13.8. The minimum atomic E-state index is -3.63. The molecule has 4 rings (SSSR count). The summed E-state index contributed by atoms with van der Waals surface area (Å²) in [5.41, 5.74) is 2.14. The number of aromatic amines is 1. The van der Waals surface area contributed by atoms with Crippen LogP contribution in [-0.4, -0.2) is 50.6 Å². The van der Waals surface area contributed by atoms with Crippen LogP contribution in [0.25, 0.3) is 21.8 Å². The standard InChI is InChI=1S/C26H30FN3O5S.ClH/c1-16(2)35-19-6-8-21-20-7-5-18(13-23(20)29-24(21)14-19)34-11-10-28-15-26(31)17-4-9-22(27)25(12-17)30-36(3,32)33;/h4-9,12-14,16,26,28-31H,10-11,15H2,1-3H3;1H/t26-;/m0./s1. The molecule has 0 unspecified atom stereocenters. The topological polar surface area (TPSA) is 113 Å². The molecule has 11 heteroatoms. The smallest absolute Gasteiger partial charge is 0.229 e. The first-order valence-electron chi connectivity index (χ1n) is 11.6. The van der Waals surface area contributed by atoms with Gasteiger partial charge in [-0.25, -0.2) is 12.8 Å². The Labute approximate surface area is 221 Å². The molecule has 0 bridgehead atoms. The molecular weight excluding hydrogens is 521 g/mol. The highest BCUT2D eigenvalue weighted by atomic mass is 35.5. The molecule has 37 heavy (non-hydrogen) atoms. The molecule has 4 aromatic rings. The van der Waals surface area contributed by atoms with Crippen LogP contribution in [0, 0.1) is 5.82 Å². The second-order valence-electron chi connectivity index (χ2n) is 8.89. The Bertz CT molecular complexity index is 1480. The molecule has 1 atom stereocenters. The molecule has 4 N–H and O–H groups in total. The molecule has 0 radical (unpaired) electrons. The first-order valence-corrected chi connectivity index (χ1v) is 13.5. The van der Waals surface area contributed by atoms with E-state index in [1.54, 1.807) is 0 Å². The molecule has 3 aromatic carbocycles. The Hall–Kier alpha value is -3.05. The number of nitrogens with one attached hydrogen (secondary N) is 3. The van der Waals surface area contributed by atoms with Crippen LogP contribution >= 0.6 is 12.4 Å². The Morgan fingerprint density at radius 3 is 2.30 bits per heavy atom. The molecule has 0 aliphatic carbocycles. The molecule has 0 saturated heterocycles. The van der Waals surface area contributed by atoms with Crippen molar-refractivity contribution >= 4 is 49.9 Å². The van der Waals surface area contributed by atoms with Crippen LogP contribution in [0.2, 0.25) is 0 Å². The number of aromatic nitrogens is 1. The van der Waals surface area contributed by atoms with E-state index in [2.05, 4.69) is 15.0 Å². The van der Waals surface area contributed by atoms with Crippen molar-refractivity contribution in [3.8, 4) is 11.5 Å². The van der Waals surface area contributed by atoms with Crippen LogP contribution in [-0.2, 0) is 10.0 Å². The Balaban J connectivity index is 0.00000380. The lowest BCUT2D eigenvalue weighted by molar-refractivity contribution is 0.172. The first kappa shape index (κ1) is 28.5. The van der Waals surface area contributed by atoms with Crippen LogP contribution in [0.3, 0.4) is 0 Å². The van der Waals surface area contributed by atoms with Crippen LogP contribution in [0.15, 0.2) is 54.6 Å². The third-order valence-electron chi connectivity index (χ3n) is 5.47. The third-order valence-corrected chi connectivity index (χ3v) is 6.06. The largest absolute Gasteiger partial charge is 0.492 e. The molecule has 0 amide bonds. The SMILES string of the molecule is CC(C)Oc1ccc2c(c1)[nH]c1cc(OCCNC[C@H](O)c3ccc(F)c(NS(C)(=O)=O)c3)ccc12.Cl. The summed E-state index contributed by atoms with van der Waals surface area (Å²) in [5.74, 6) is 0.816. The van der Waals surface area contributed by atoms with Gasteiger partial charge in [-0.2, -0.15) is 0 Å². The second-order valence-corrected chi connectivity index (χ2v) is 10.6. The zero-order valence-electron chi connectivity index (χ0n) is 20.7. The predicted octanol–water partition coefficient (Wildman–Crippen LogP) is 4.74. The number of aliphatic hydroxyl groups is 1. The normalized spacial score (nSPS) is 12.5. The van der Waals surface area contributed by atoms with Crippen molar-refractivity contribution in [1.29, 1.82) is 0 Å². The van der Waals surface area contributed by atoms with Gasteiger partial charge in [0.25, 0.3) is 0 Å². The van der Waals surface area contributed by atoms with E-state index in [4.69, 9.17) is 9.47 Å². The first-order chi connectivity index (χ1) is 17.1. The van der Waals surface area contributed by atoms with E-state index in [1.165, 1.54) is 12.1 Å². The van der Waals surface area contributed by atoms with Crippen molar-refractivity contribution in [2.45, 2.75) is 26.1 Å². The van der Waals surface area contributed by atoms with E-state index < -0.39 is 21.9 Å². The fraction of sp³-hybridized carbons (Fsp3) is 0.308. The third kappa shape index (κ3) is 7.48. The minimum absolute atomic E-state index is 0. The Morgan fingerprint density at radius 2 is 1.65 bits per heavy atom. The van der Waals surface area contributed by atoms with Gasteiger partial charge in [0.1, 0.15) is 23.9 Å². The van der Waals surface area contributed by atoms with Crippen LogP contribution in [0.1, 0.15) is 25.5 Å². The summed E-state index contributed by atoms with van der Waals surface area (Å²) < 4.78 is 50.4. The zero-order chi connectivity index (χ0) is 25.9. The van der Waals surface area contributed by atoms with Crippen molar-refractivity contribution in [2.75, 3.05) is 30.7 Å². The van der Waals surface area contributed by atoms with Gasteiger partial charge < -0.3 is 24.9 Å². The van der Waals surface area contributed by atoms with Gasteiger partial charge in [-0.05, 0) is 55.8 Å². The number of aliphatic hydroxyl groups excluding tert-OH is 1. The number of hydrogen-bond acceptors (Lipinski definition) is 6. The van der Waals surface area contributed by atoms with Crippen molar-refractivity contribution in [2.24, 2.45) is 0 Å². The van der Waals surface area contributed by atoms with E-state index in [0.29, 0.717) is 24.5 Å². The monoisotopic (exact) mass is 551 g/mol. The number of anilines is 1. The molecule has 0 fully saturated rings. The number of halogens is 2. The van der Waals surface area contributed by atoms with Crippen LogP contribution < -0.4 is 19.5 Å². The number of rotatable bonds is 11. The van der Waals surface area contributed by atoms with E-state index in [-0.39, 0.29) is 30.7 Å². The molecule has 0 aliphatic rings. The summed E-state index contributed by atoms with van der Waals surface area (Å²) in [6.45, 7) is 5.01. The number of sulfonamides is 1. The van der Waals surface area contributed by atoms with Crippen LogP contribution in [0.5, 0.6) is 11.5 Å². The second kappa shape index (κ2) is 12.0. The van der Waals surface area contributed by atoms with Gasteiger partial charge in [-0.3, -0.25) is 4.72 Å². The number of hydrogen-bond donors (Lipinski definition) is 4. The number of H-pyrrole nitrogens is 1. The van der Waals surface area contributed by atoms with E-state index in [1.807, 2.05) is 50.2 Å². The highest BCUT2D eigenvalue weighted by Crippen LogP contribution is 2.31.